The highest BCUT2D eigenvalue weighted by atomic mass is 32.1. The van der Waals surface area contributed by atoms with E-state index in [9.17, 15) is 4.79 Å². The topological polar surface area (TPSA) is 29.1 Å². The average Bonchev–Trinajstić information content (AvgIpc) is 1.61. The molecule has 3 heteroatoms. The Morgan fingerprint density at radius 1 is 1.67 bits per heavy atom. The molecular formula is C3H5NOS. The third-order valence-corrected chi connectivity index (χ3v) is 0.388. The first-order valence-corrected chi connectivity index (χ1v) is 1.92. The van der Waals surface area contributed by atoms with Gasteiger partial charge in [-0.15, -0.1) is 12.6 Å². The minimum Gasteiger partial charge on any atom is -0.335 e. The van der Waals surface area contributed by atoms with Gasteiger partial charge in [0.2, 0.25) is 6.41 Å². The van der Waals surface area contributed by atoms with E-state index in [4.69, 9.17) is 0 Å². The van der Waals surface area contributed by atoms with Gasteiger partial charge in [-0.2, -0.15) is 0 Å². The van der Waals surface area contributed by atoms with Gasteiger partial charge in [-0.05, 0) is 5.41 Å². The summed E-state index contributed by atoms with van der Waals surface area (Å²) in [6.07, 6.45) is 2.00. The predicted octanol–water partition coefficient (Wildman–Crippen LogP) is 0.133. The van der Waals surface area contributed by atoms with Crippen molar-refractivity contribution in [1.82, 2.24) is 5.32 Å². The Balaban J connectivity index is 2.85. The van der Waals surface area contributed by atoms with Crippen molar-refractivity contribution in [2.75, 3.05) is 0 Å². The second-order valence-corrected chi connectivity index (χ2v) is 0.898. The van der Waals surface area contributed by atoms with E-state index in [1.54, 1.807) is 0 Å². The summed E-state index contributed by atoms with van der Waals surface area (Å²) >= 11 is 3.65. The maximum atomic E-state index is 9.37. The molecule has 0 aliphatic heterocycles. The summed E-state index contributed by atoms with van der Waals surface area (Å²) in [6.45, 7) is 0. The molecule has 0 aromatic carbocycles. The molecule has 0 aliphatic carbocycles. The number of carbonyl (C=O) groups excluding carboxylic acids is 1. The lowest BCUT2D eigenvalue weighted by molar-refractivity contribution is -0.108. The molecule has 0 saturated heterocycles. The zero-order valence-corrected chi connectivity index (χ0v) is 3.98. The number of carbonyl (C=O) groups is 1. The van der Waals surface area contributed by atoms with Crippen molar-refractivity contribution in [2.45, 2.75) is 0 Å². The molecule has 0 aromatic heterocycles. The van der Waals surface area contributed by atoms with Crippen LogP contribution in [0, 0.1) is 0 Å². The van der Waals surface area contributed by atoms with Crippen LogP contribution >= 0.6 is 12.6 Å². The second-order valence-electron chi connectivity index (χ2n) is 0.600. The first-order chi connectivity index (χ1) is 2.91. The average molecular weight is 103 g/mol. The van der Waals surface area contributed by atoms with Gasteiger partial charge >= 0.3 is 0 Å². The molecule has 0 heterocycles. The molecule has 1 N–H and O–H groups in total. The zero-order chi connectivity index (χ0) is 4.83. The molecule has 0 atom stereocenters. The fourth-order valence-corrected chi connectivity index (χ4v) is 0.168. The Hall–Kier alpha value is -0.440. The zero-order valence-electron chi connectivity index (χ0n) is 3.09. The fourth-order valence-electron chi connectivity index (χ4n) is 0.0823. The fraction of sp³-hybridized carbons (Fsp3) is 0. The summed E-state index contributed by atoms with van der Waals surface area (Å²) in [7, 11) is 0. The standard InChI is InChI=1S/C3H5NOS/c5-3-4-1-2-6/h1-3,6H,(H,4,5)/b2-1+. The van der Waals surface area contributed by atoms with Crippen LogP contribution in [0.2, 0.25) is 0 Å². The molecule has 0 aromatic rings. The summed E-state index contributed by atoms with van der Waals surface area (Å²) in [5.74, 6) is 0. The monoisotopic (exact) mass is 103 g/mol. The summed E-state index contributed by atoms with van der Waals surface area (Å²) in [4.78, 5) is 9.37. The minimum absolute atomic E-state index is 0.576. The van der Waals surface area contributed by atoms with Gasteiger partial charge in [0.15, 0.2) is 0 Å². The van der Waals surface area contributed by atoms with Crippen molar-refractivity contribution in [3.63, 3.8) is 0 Å². The van der Waals surface area contributed by atoms with E-state index in [2.05, 4.69) is 17.9 Å². The number of hydrogen-bond acceptors (Lipinski definition) is 2. The van der Waals surface area contributed by atoms with Crippen LogP contribution in [-0.2, 0) is 4.79 Å². The summed E-state index contributed by atoms with van der Waals surface area (Å²) in [5.41, 5.74) is 0. The molecule has 1 amide bonds. The van der Waals surface area contributed by atoms with E-state index in [1.165, 1.54) is 11.6 Å². The van der Waals surface area contributed by atoms with Crippen molar-refractivity contribution in [2.24, 2.45) is 0 Å². The number of amides is 1. The van der Waals surface area contributed by atoms with Crippen LogP contribution in [0.4, 0.5) is 0 Å². The molecule has 0 unspecified atom stereocenters. The van der Waals surface area contributed by atoms with Crippen molar-refractivity contribution in [3.8, 4) is 0 Å². The highest BCUT2D eigenvalue weighted by Crippen LogP contribution is 1.67. The van der Waals surface area contributed by atoms with E-state index in [0.29, 0.717) is 6.41 Å². The molecule has 0 saturated carbocycles. The summed E-state index contributed by atoms with van der Waals surface area (Å²) in [6, 6.07) is 0. The van der Waals surface area contributed by atoms with Crippen LogP contribution in [0.15, 0.2) is 11.6 Å². The van der Waals surface area contributed by atoms with Gasteiger partial charge in [-0.3, -0.25) is 4.79 Å². The second kappa shape index (κ2) is 4.56. The van der Waals surface area contributed by atoms with Crippen LogP contribution in [0.1, 0.15) is 0 Å². The van der Waals surface area contributed by atoms with E-state index in [0.717, 1.165) is 0 Å². The SMILES string of the molecule is O=CN/C=C/S. The lowest BCUT2D eigenvalue weighted by Crippen LogP contribution is -1.96. The first kappa shape index (κ1) is 5.56. The van der Waals surface area contributed by atoms with E-state index >= 15 is 0 Å². The number of hydrogen-bond donors (Lipinski definition) is 2. The largest absolute Gasteiger partial charge is 0.335 e. The highest BCUT2D eigenvalue weighted by molar-refractivity contribution is 7.83. The van der Waals surface area contributed by atoms with Gasteiger partial charge in [-0.1, -0.05) is 0 Å². The number of thiol groups is 1. The van der Waals surface area contributed by atoms with Crippen molar-refractivity contribution < 1.29 is 4.79 Å². The maximum Gasteiger partial charge on any atom is 0.211 e. The Kier molecular flexibility index (Phi) is 4.23. The smallest absolute Gasteiger partial charge is 0.211 e. The number of nitrogens with one attached hydrogen (secondary N) is 1. The molecule has 0 spiro atoms. The van der Waals surface area contributed by atoms with E-state index in [-0.39, 0.29) is 0 Å². The maximum absolute atomic E-state index is 9.37. The van der Waals surface area contributed by atoms with E-state index in [1.807, 2.05) is 0 Å². The first-order valence-electron chi connectivity index (χ1n) is 1.40. The summed E-state index contributed by atoms with van der Waals surface area (Å²) in [5, 5.41) is 3.70. The third-order valence-electron chi connectivity index (χ3n) is 0.239. The van der Waals surface area contributed by atoms with Crippen LogP contribution in [0.3, 0.4) is 0 Å². The Labute approximate surface area is 41.6 Å². The Bertz CT molecular complexity index is 61.8. The molecule has 0 fully saturated rings. The molecule has 2 nitrogen and oxygen atoms in total. The molecule has 0 bridgehead atoms. The lowest BCUT2D eigenvalue weighted by atomic mass is 11.0. The van der Waals surface area contributed by atoms with E-state index < -0.39 is 0 Å². The van der Waals surface area contributed by atoms with Gasteiger partial charge < -0.3 is 5.32 Å². The molecule has 0 aliphatic rings. The van der Waals surface area contributed by atoms with Crippen molar-refractivity contribution in [3.05, 3.63) is 11.6 Å². The quantitative estimate of drug-likeness (QED) is 0.377. The van der Waals surface area contributed by atoms with Gasteiger partial charge in [0.25, 0.3) is 0 Å². The molecule has 34 valence electrons. The molecule has 0 radical (unpaired) electrons. The molecular weight excluding hydrogens is 98.1 g/mol. The van der Waals surface area contributed by atoms with Gasteiger partial charge in [0.1, 0.15) is 0 Å². The van der Waals surface area contributed by atoms with Crippen molar-refractivity contribution >= 4 is 19.0 Å². The van der Waals surface area contributed by atoms with Gasteiger partial charge in [-0.25, -0.2) is 0 Å². The van der Waals surface area contributed by atoms with Crippen molar-refractivity contribution in [1.29, 1.82) is 0 Å². The Morgan fingerprint density at radius 2 is 2.33 bits per heavy atom. The number of rotatable bonds is 2. The van der Waals surface area contributed by atoms with Crippen LogP contribution in [0.25, 0.3) is 0 Å². The highest BCUT2D eigenvalue weighted by Gasteiger charge is 1.56. The normalized spacial score (nSPS) is 8.83. The summed E-state index contributed by atoms with van der Waals surface area (Å²) < 4.78 is 0. The van der Waals surface area contributed by atoms with Gasteiger partial charge in [0.05, 0.1) is 0 Å². The minimum atomic E-state index is 0.576. The lowest BCUT2D eigenvalue weighted by Gasteiger charge is -1.74. The van der Waals surface area contributed by atoms with Crippen LogP contribution in [0.5, 0.6) is 0 Å². The Morgan fingerprint density at radius 3 is 2.50 bits per heavy atom. The van der Waals surface area contributed by atoms with Gasteiger partial charge in [0, 0.05) is 6.20 Å². The van der Waals surface area contributed by atoms with Crippen LogP contribution in [-0.4, -0.2) is 6.41 Å². The third kappa shape index (κ3) is 3.56. The van der Waals surface area contributed by atoms with Crippen LogP contribution < -0.4 is 5.32 Å². The molecule has 6 heavy (non-hydrogen) atoms. The predicted molar refractivity (Wildman–Crippen MR) is 27.3 cm³/mol. The molecule has 0 rings (SSSR count).